The third kappa shape index (κ3) is 6.27. The number of rotatable bonds is 9. The lowest BCUT2D eigenvalue weighted by Crippen LogP contribution is -2.41. The van der Waals surface area contributed by atoms with E-state index in [1.165, 1.54) is 24.3 Å². The molecule has 0 aliphatic rings. The lowest BCUT2D eigenvalue weighted by atomic mass is 10.1. The van der Waals surface area contributed by atoms with E-state index < -0.39 is 15.9 Å². The van der Waals surface area contributed by atoms with Gasteiger partial charge in [0.25, 0.3) is 10.0 Å². The number of benzene rings is 3. The van der Waals surface area contributed by atoms with Crippen molar-refractivity contribution in [2.75, 3.05) is 17.5 Å². The van der Waals surface area contributed by atoms with Gasteiger partial charge in [0.1, 0.15) is 12.3 Å². The number of sulfonamides is 1. The Morgan fingerprint density at radius 3 is 2.33 bits per heavy atom. The van der Waals surface area contributed by atoms with Crippen LogP contribution in [0, 0.1) is 6.92 Å². The molecule has 3 aromatic rings. The summed E-state index contributed by atoms with van der Waals surface area (Å²) in [6.45, 7) is 5.83. The van der Waals surface area contributed by atoms with Crippen LogP contribution in [0.2, 0.25) is 5.02 Å². The van der Waals surface area contributed by atoms with Crippen molar-refractivity contribution < 1.29 is 17.9 Å². The summed E-state index contributed by atoms with van der Waals surface area (Å²) in [7, 11) is -4.00. The predicted octanol–water partition coefficient (Wildman–Crippen LogP) is 5.12. The largest absolute Gasteiger partial charge is 0.494 e. The van der Waals surface area contributed by atoms with Gasteiger partial charge < -0.3 is 10.1 Å². The monoisotopic (exact) mass is 486 g/mol. The van der Waals surface area contributed by atoms with Crippen LogP contribution in [-0.2, 0) is 14.8 Å². The van der Waals surface area contributed by atoms with Crippen LogP contribution in [0.3, 0.4) is 0 Å². The number of amides is 1. The minimum Gasteiger partial charge on any atom is -0.494 e. The standard InChI is InChI=1S/C25H27ClN2O4S/c1-4-32-23-12-8-20(9-13-23)19(3)27-25(29)17-28(22-7-5-6-18(2)16-22)33(30,31)24-14-10-21(26)11-15-24/h5-16,19H,4,17H2,1-3H3,(H,27,29)/t19-/m0/s1. The first-order chi connectivity index (χ1) is 15.7. The molecule has 1 atom stereocenters. The molecular formula is C25H27ClN2O4S. The van der Waals surface area contributed by atoms with Crippen molar-refractivity contribution in [1.82, 2.24) is 5.32 Å². The molecule has 0 radical (unpaired) electrons. The maximum Gasteiger partial charge on any atom is 0.264 e. The fourth-order valence-electron chi connectivity index (χ4n) is 3.35. The lowest BCUT2D eigenvalue weighted by molar-refractivity contribution is -0.120. The number of halogens is 1. The van der Waals surface area contributed by atoms with Crippen molar-refractivity contribution in [3.63, 3.8) is 0 Å². The Morgan fingerprint density at radius 1 is 1.06 bits per heavy atom. The van der Waals surface area contributed by atoms with E-state index in [2.05, 4.69) is 5.32 Å². The average Bonchev–Trinajstić information content (AvgIpc) is 2.78. The quantitative estimate of drug-likeness (QED) is 0.455. The summed E-state index contributed by atoms with van der Waals surface area (Å²) in [5.41, 5.74) is 2.18. The van der Waals surface area contributed by atoms with Gasteiger partial charge in [-0.2, -0.15) is 0 Å². The Kier molecular flexibility index (Phi) is 8.00. The number of hydrogen-bond acceptors (Lipinski definition) is 4. The second kappa shape index (κ2) is 10.7. The van der Waals surface area contributed by atoms with Crippen LogP contribution >= 0.6 is 11.6 Å². The first-order valence-corrected chi connectivity index (χ1v) is 12.4. The fourth-order valence-corrected chi connectivity index (χ4v) is 4.89. The molecule has 0 fully saturated rings. The van der Waals surface area contributed by atoms with Crippen LogP contribution in [0.1, 0.15) is 31.0 Å². The highest BCUT2D eigenvalue weighted by molar-refractivity contribution is 7.92. The summed E-state index contributed by atoms with van der Waals surface area (Å²) < 4.78 is 33.4. The smallest absolute Gasteiger partial charge is 0.264 e. The van der Waals surface area contributed by atoms with Gasteiger partial charge in [0.2, 0.25) is 5.91 Å². The molecule has 0 aliphatic heterocycles. The zero-order valence-electron chi connectivity index (χ0n) is 18.8. The number of anilines is 1. The molecule has 0 spiro atoms. The number of carbonyl (C=O) groups is 1. The number of ether oxygens (including phenoxy) is 1. The minimum absolute atomic E-state index is 0.0563. The van der Waals surface area contributed by atoms with Crippen molar-refractivity contribution in [2.45, 2.75) is 31.7 Å². The van der Waals surface area contributed by atoms with Crippen molar-refractivity contribution in [3.05, 3.63) is 88.9 Å². The van der Waals surface area contributed by atoms with Crippen molar-refractivity contribution in [2.24, 2.45) is 0 Å². The van der Waals surface area contributed by atoms with E-state index in [1.807, 2.05) is 51.1 Å². The van der Waals surface area contributed by atoms with Crippen LogP contribution < -0.4 is 14.4 Å². The van der Waals surface area contributed by atoms with Crippen LogP contribution in [0.5, 0.6) is 5.75 Å². The Hall–Kier alpha value is -3.03. The molecule has 0 saturated carbocycles. The molecule has 1 N–H and O–H groups in total. The van der Waals surface area contributed by atoms with E-state index in [4.69, 9.17) is 16.3 Å². The van der Waals surface area contributed by atoms with Gasteiger partial charge in [-0.3, -0.25) is 9.10 Å². The molecule has 33 heavy (non-hydrogen) atoms. The molecule has 1 amide bonds. The highest BCUT2D eigenvalue weighted by Gasteiger charge is 2.27. The fraction of sp³-hybridized carbons (Fsp3) is 0.240. The second-order valence-corrected chi connectivity index (χ2v) is 9.89. The zero-order valence-corrected chi connectivity index (χ0v) is 20.4. The molecule has 0 saturated heterocycles. The first kappa shape index (κ1) is 24.6. The second-order valence-electron chi connectivity index (χ2n) is 7.60. The first-order valence-electron chi connectivity index (χ1n) is 10.6. The zero-order chi connectivity index (χ0) is 24.0. The average molecular weight is 487 g/mol. The molecule has 3 rings (SSSR count). The van der Waals surface area contributed by atoms with Crippen molar-refractivity contribution >= 4 is 33.2 Å². The van der Waals surface area contributed by atoms with Crippen molar-refractivity contribution in [3.8, 4) is 5.75 Å². The molecule has 8 heteroatoms. The summed E-state index contributed by atoms with van der Waals surface area (Å²) in [5, 5.41) is 3.32. The Bertz CT molecular complexity index is 1200. The van der Waals surface area contributed by atoms with E-state index in [-0.39, 0.29) is 17.5 Å². The Labute approximate surface area is 200 Å². The molecule has 0 bridgehead atoms. The molecule has 0 heterocycles. The maximum atomic E-state index is 13.4. The molecule has 0 aromatic heterocycles. The molecular weight excluding hydrogens is 460 g/mol. The third-order valence-corrected chi connectivity index (χ3v) is 7.09. The number of aryl methyl sites for hydroxylation is 1. The number of carbonyl (C=O) groups excluding carboxylic acids is 1. The number of nitrogens with one attached hydrogen (secondary N) is 1. The van der Waals surface area contributed by atoms with Crippen molar-refractivity contribution in [1.29, 1.82) is 0 Å². The summed E-state index contributed by atoms with van der Waals surface area (Å²) >= 11 is 5.93. The van der Waals surface area contributed by atoms with Gasteiger partial charge >= 0.3 is 0 Å². The molecule has 174 valence electrons. The highest BCUT2D eigenvalue weighted by Crippen LogP contribution is 2.26. The van der Waals surface area contributed by atoms with Gasteiger partial charge in [0, 0.05) is 5.02 Å². The van der Waals surface area contributed by atoms with Crippen LogP contribution in [-0.4, -0.2) is 27.5 Å². The van der Waals surface area contributed by atoms with Crippen LogP contribution in [0.15, 0.2) is 77.7 Å². The molecule has 6 nitrogen and oxygen atoms in total. The van der Waals surface area contributed by atoms with Gasteiger partial charge in [-0.15, -0.1) is 0 Å². The summed E-state index contributed by atoms with van der Waals surface area (Å²) in [6, 6.07) is 20.0. The molecule has 3 aromatic carbocycles. The van der Waals surface area contributed by atoms with E-state index in [0.717, 1.165) is 21.2 Å². The van der Waals surface area contributed by atoms with Crippen LogP contribution in [0.4, 0.5) is 5.69 Å². The van der Waals surface area contributed by atoms with Crippen LogP contribution in [0.25, 0.3) is 0 Å². The third-order valence-electron chi connectivity index (χ3n) is 5.05. The SMILES string of the molecule is CCOc1ccc([C@H](C)NC(=O)CN(c2cccc(C)c2)S(=O)(=O)c2ccc(Cl)cc2)cc1. The summed E-state index contributed by atoms with van der Waals surface area (Å²) in [6.07, 6.45) is 0. The molecule has 0 unspecified atom stereocenters. The summed E-state index contributed by atoms with van der Waals surface area (Å²) in [5.74, 6) is 0.329. The number of hydrogen-bond donors (Lipinski definition) is 1. The van der Waals surface area contributed by atoms with E-state index in [0.29, 0.717) is 17.3 Å². The van der Waals surface area contributed by atoms with E-state index in [9.17, 15) is 13.2 Å². The van der Waals surface area contributed by atoms with Gasteiger partial charge in [-0.25, -0.2) is 8.42 Å². The topological polar surface area (TPSA) is 75.7 Å². The Balaban J connectivity index is 1.84. The lowest BCUT2D eigenvalue weighted by Gasteiger charge is -2.25. The predicted molar refractivity (Wildman–Crippen MR) is 131 cm³/mol. The van der Waals surface area contributed by atoms with Gasteiger partial charge in [0.05, 0.1) is 23.2 Å². The van der Waals surface area contributed by atoms with Gasteiger partial charge in [-0.05, 0) is 80.4 Å². The molecule has 0 aliphatic carbocycles. The summed E-state index contributed by atoms with van der Waals surface area (Å²) in [4.78, 5) is 13.0. The van der Waals surface area contributed by atoms with Gasteiger partial charge in [0.15, 0.2) is 0 Å². The van der Waals surface area contributed by atoms with E-state index in [1.54, 1.807) is 18.2 Å². The minimum atomic E-state index is -4.00. The Morgan fingerprint density at radius 2 is 1.73 bits per heavy atom. The normalized spacial score (nSPS) is 12.1. The number of nitrogens with zero attached hydrogens (tertiary/aromatic N) is 1. The maximum absolute atomic E-state index is 13.4. The van der Waals surface area contributed by atoms with E-state index >= 15 is 0 Å². The highest BCUT2D eigenvalue weighted by atomic mass is 35.5. The van der Waals surface area contributed by atoms with Gasteiger partial charge in [-0.1, -0.05) is 35.9 Å².